The summed E-state index contributed by atoms with van der Waals surface area (Å²) in [7, 11) is 0. The van der Waals surface area contributed by atoms with E-state index in [0.29, 0.717) is 0 Å². The lowest BCUT2D eigenvalue weighted by atomic mass is 10.0. The molecule has 86 valence electrons. The second kappa shape index (κ2) is 4.87. The summed E-state index contributed by atoms with van der Waals surface area (Å²) in [5.41, 5.74) is 10.3. The third-order valence-electron chi connectivity index (χ3n) is 1.43. The van der Waals surface area contributed by atoms with Crippen molar-refractivity contribution in [2.45, 2.75) is 24.6 Å². The highest BCUT2D eigenvalue weighted by Gasteiger charge is 2.32. The van der Waals surface area contributed by atoms with Crippen molar-refractivity contribution in [2.24, 2.45) is 16.5 Å². The maximum absolute atomic E-state index is 10.8. The predicted octanol–water partition coefficient (Wildman–Crippen LogP) is -1.05. The Labute approximate surface area is 92.9 Å². The van der Waals surface area contributed by atoms with Gasteiger partial charge < -0.3 is 16.6 Å². The SMILES string of the molecule is CC(C)(S)C(N=C(N)NC(=N)N)C(=O)O. The number of hydrogen-bond acceptors (Lipinski definition) is 4. The van der Waals surface area contributed by atoms with Gasteiger partial charge in [0.05, 0.1) is 0 Å². The van der Waals surface area contributed by atoms with E-state index in [4.69, 9.17) is 22.0 Å². The van der Waals surface area contributed by atoms with Gasteiger partial charge in [-0.2, -0.15) is 12.6 Å². The van der Waals surface area contributed by atoms with Crippen LogP contribution in [0.25, 0.3) is 0 Å². The smallest absolute Gasteiger partial charge is 0.330 e. The van der Waals surface area contributed by atoms with Crippen molar-refractivity contribution in [3.63, 3.8) is 0 Å². The average molecular weight is 233 g/mol. The van der Waals surface area contributed by atoms with E-state index in [9.17, 15) is 4.79 Å². The summed E-state index contributed by atoms with van der Waals surface area (Å²) < 4.78 is -0.866. The molecule has 0 aromatic heterocycles. The van der Waals surface area contributed by atoms with Gasteiger partial charge in [0.25, 0.3) is 0 Å². The molecule has 0 aliphatic carbocycles. The van der Waals surface area contributed by atoms with Gasteiger partial charge in [0, 0.05) is 4.75 Å². The highest BCUT2D eigenvalue weighted by Crippen LogP contribution is 2.20. The Hall–Kier alpha value is -1.44. The van der Waals surface area contributed by atoms with Crippen molar-refractivity contribution in [2.75, 3.05) is 0 Å². The summed E-state index contributed by atoms with van der Waals surface area (Å²) in [6.07, 6.45) is 0. The standard InChI is InChI=1S/C7H15N5O2S/c1-7(2,15)3(4(13)14)11-6(10)12-5(8)9/h3,15H,1-2H3,(H,13,14)(H6,8,9,10,11,12). The summed E-state index contributed by atoms with van der Waals surface area (Å²) in [6, 6.07) is -1.12. The van der Waals surface area contributed by atoms with Crippen molar-refractivity contribution in [3.05, 3.63) is 0 Å². The van der Waals surface area contributed by atoms with Crippen LogP contribution in [0.4, 0.5) is 0 Å². The van der Waals surface area contributed by atoms with E-state index in [1.165, 1.54) is 0 Å². The van der Waals surface area contributed by atoms with Crippen LogP contribution in [0, 0.1) is 5.41 Å². The molecular weight excluding hydrogens is 218 g/mol. The summed E-state index contributed by atoms with van der Waals surface area (Å²) in [4.78, 5) is 14.5. The van der Waals surface area contributed by atoms with Crippen molar-refractivity contribution >= 4 is 30.5 Å². The minimum absolute atomic E-state index is 0.225. The molecule has 0 aliphatic heterocycles. The molecule has 7 nitrogen and oxygen atoms in total. The van der Waals surface area contributed by atoms with Gasteiger partial charge in [-0.25, -0.2) is 9.79 Å². The predicted molar refractivity (Wildman–Crippen MR) is 61.2 cm³/mol. The number of carbonyl (C=O) groups is 1. The summed E-state index contributed by atoms with van der Waals surface area (Å²) in [6.45, 7) is 3.19. The average Bonchev–Trinajstić information content (AvgIpc) is 1.95. The molecule has 0 spiro atoms. The van der Waals surface area contributed by atoms with Crippen molar-refractivity contribution < 1.29 is 9.90 Å². The molecule has 1 atom stereocenters. The minimum Gasteiger partial charge on any atom is -0.480 e. The molecule has 7 N–H and O–H groups in total. The fraction of sp³-hybridized carbons (Fsp3) is 0.571. The van der Waals surface area contributed by atoms with Gasteiger partial charge in [0.1, 0.15) is 0 Å². The molecule has 0 radical (unpaired) electrons. The normalized spacial score (nSPS) is 14.5. The number of rotatable bonds is 3. The second-order valence-corrected chi connectivity index (χ2v) is 4.60. The van der Waals surface area contributed by atoms with Crippen molar-refractivity contribution in [3.8, 4) is 0 Å². The summed E-state index contributed by atoms with van der Waals surface area (Å²) in [5, 5.41) is 17.9. The van der Waals surface area contributed by atoms with Crippen LogP contribution in [0.2, 0.25) is 0 Å². The maximum atomic E-state index is 10.8. The molecule has 0 aromatic rings. The van der Waals surface area contributed by atoms with Crippen LogP contribution in [0.15, 0.2) is 4.99 Å². The second-order valence-electron chi connectivity index (χ2n) is 3.45. The molecule has 0 saturated heterocycles. The summed E-state index contributed by atoms with van der Waals surface area (Å²) in [5.74, 6) is -1.78. The zero-order valence-electron chi connectivity index (χ0n) is 8.48. The number of aliphatic carboxylic acids is 1. The van der Waals surface area contributed by atoms with Gasteiger partial charge in [0.15, 0.2) is 18.0 Å². The molecule has 0 aliphatic rings. The zero-order valence-corrected chi connectivity index (χ0v) is 9.38. The monoisotopic (exact) mass is 233 g/mol. The molecule has 0 bridgehead atoms. The van der Waals surface area contributed by atoms with Gasteiger partial charge in [-0.1, -0.05) is 0 Å². The Morgan fingerprint density at radius 3 is 2.33 bits per heavy atom. The number of thiol groups is 1. The minimum atomic E-state index is -1.15. The highest BCUT2D eigenvalue weighted by atomic mass is 32.1. The Balaban J connectivity index is 4.83. The molecule has 0 rings (SSSR count). The molecule has 0 aromatic carbocycles. The van der Waals surface area contributed by atoms with E-state index in [1.807, 2.05) is 0 Å². The number of aliphatic imine (C=N–C) groups is 1. The fourth-order valence-electron chi connectivity index (χ4n) is 0.825. The largest absolute Gasteiger partial charge is 0.480 e. The molecule has 8 heteroatoms. The van der Waals surface area contributed by atoms with Crippen molar-refractivity contribution in [1.82, 2.24) is 5.32 Å². The van der Waals surface area contributed by atoms with Crippen LogP contribution in [0.5, 0.6) is 0 Å². The number of guanidine groups is 2. The van der Waals surface area contributed by atoms with Gasteiger partial charge in [-0.15, -0.1) is 0 Å². The topological polar surface area (TPSA) is 138 Å². The molecule has 1 unspecified atom stereocenters. The first-order valence-corrected chi connectivity index (χ1v) is 4.49. The van der Waals surface area contributed by atoms with Gasteiger partial charge >= 0.3 is 5.97 Å². The van der Waals surface area contributed by atoms with Crippen LogP contribution in [-0.4, -0.2) is 33.8 Å². The molecular formula is C7H15N5O2S. The molecule has 0 heterocycles. The van der Waals surface area contributed by atoms with Crippen LogP contribution in [0.3, 0.4) is 0 Å². The molecule has 0 fully saturated rings. The lowest BCUT2D eigenvalue weighted by Gasteiger charge is -2.22. The molecule has 15 heavy (non-hydrogen) atoms. The molecule has 0 saturated carbocycles. The van der Waals surface area contributed by atoms with E-state index in [0.717, 1.165) is 0 Å². The zero-order chi connectivity index (χ0) is 12.2. The first kappa shape index (κ1) is 13.6. The number of nitrogens with two attached hydrogens (primary N) is 2. The third-order valence-corrected chi connectivity index (χ3v) is 1.68. The number of hydrogen-bond donors (Lipinski definition) is 6. The van der Waals surface area contributed by atoms with E-state index >= 15 is 0 Å². The lowest BCUT2D eigenvalue weighted by molar-refractivity contribution is -0.139. The van der Waals surface area contributed by atoms with E-state index in [1.54, 1.807) is 13.8 Å². The Morgan fingerprint density at radius 1 is 1.60 bits per heavy atom. The van der Waals surface area contributed by atoms with Gasteiger partial charge in [0.2, 0.25) is 0 Å². The Bertz CT molecular complexity index is 296. The Morgan fingerprint density at radius 2 is 2.07 bits per heavy atom. The lowest BCUT2D eigenvalue weighted by Crippen LogP contribution is -2.45. The van der Waals surface area contributed by atoms with E-state index in [2.05, 4.69) is 22.9 Å². The first-order chi connectivity index (χ1) is 6.64. The quantitative estimate of drug-likeness (QED) is 0.210. The van der Waals surface area contributed by atoms with Crippen LogP contribution in [0.1, 0.15) is 13.8 Å². The van der Waals surface area contributed by atoms with Gasteiger partial charge in [-0.3, -0.25) is 10.7 Å². The number of nitrogens with one attached hydrogen (secondary N) is 2. The highest BCUT2D eigenvalue weighted by molar-refractivity contribution is 7.81. The molecule has 0 amide bonds. The third kappa shape index (κ3) is 5.11. The Kier molecular flexibility index (Phi) is 4.40. The maximum Gasteiger partial charge on any atom is 0.330 e. The van der Waals surface area contributed by atoms with Crippen LogP contribution >= 0.6 is 12.6 Å². The van der Waals surface area contributed by atoms with E-state index < -0.39 is 22.7 Å². The first-order valence-electron chi connectivity index (χ1n) is 4.04. The van der Waals surface area contributed by atoms with E-state index in [-0.39, 0.29) is 5.96 Å². The van der Waals surface area contributed by atoms with Gasteiger partial charge in [-0.05, 0) is 13.8 Å². The van der Waals surface area contributed by atoms with Crippen LogP contribution in [-0.2, 0) is 4.79 Å². The number of carboxylic acids is 1. The number of carboxylic acid groups (broad SMARTS) is 1. The fourth-order valence-corrected chi connectivity index (χ4v) is 0.993. The van der Waals surface area contributed by atoms with Crippen molar-refractivity contribution in [1.29, 1.82) is 5.41 Å². The summed E-state index contributed by atoms with van der Waals surface area (Å²) >= 11 is 4.10. The van der Waals surface area contributed by atoms with Crippen LogP contribution < -0.4 is 16.8 Å². The number of nitrogens with zero attached hydrogens (tertiary/aromatic N) is 1.